The Balaban J connectivity index is 1.86. The van der Waals surface area contributed by atoms with Gasteiger partial charge in [-0.2, -0.15) is 0 Å². The molecule has 3 rings (SSSR count). The van der Waals surface area contributed by atoms with E-state index in [2.05, 4.69) is 9.88 Å². The van der Waals surface area contributed by atoms with Crippen molar-refractivity contribution in [2.24, 2.45) is 5.92 Å². The van der Waals surface area contributed by atoms with Crippen molar-refractivity contribution in [2.75, 3.05) is 27.3 Å². The Morgan fingerprint density at radius 3 is 2.63 bits per heavy atom. The van der Waals surface area contributed by atoms with Crippen molar-refractivity contribution in [3.8, 4) is 11.5 Å². The topological polar surface area (TPSA) is 71.9 Å². The van der Waals surface area contributed by atoms with Crippen molar-refractivity contribution in [3.05, 3.63) is 52.8 Å². The summed E-state index contributed by atoms with van der Waals surface area (Å²) in [5.41, 5.74) is 3.86. The maximum atomic E-state index is 11.9. The fraction of sp³-hybridized carbons (Fsp3) is 0.429. The minimum atomic E-state index is -0.778. The highest BCUT2D eigenvalue weighted by Gasteiger charge is 2.40. The van der Waals surface area contributed by atoms with Gasteiger partial charge in [-0.1, -0.05) is 18.2 Å². The number of nitrogens with zero attached hydrogens (tertiary/aromatic N) is 2. The van der Waals surface area contributed by atoms with Crippen LogP contribution in [-0.4, -0.2) is 48.3 Å². The van der Waals surface area contributed by atoms with Crippen molar-refractivity contribution >= 4 is 5.97 Å². The molecule has 6 nitrogen and oxygen atoms in total. The molecule has 0 radical (unpaired) electrons. The van der Waals surface area contributed by atoms with Gasteiger partial charge in [0.25, 0.3) is 0 Å². The number of carboxylic acid groups (broad SMARTS) is 1. The molecule has 0 bridgehead atoms. The monoisotopic (exact) mass is 370 g/mol. The molecule has 2 aromatic rings. The fourth-order valence-corrected chi connectivity index (χ4v) is 3.99. The molecule has 0 spiro atoms. The molecule has 2 atom stereocenters. The maximum absolute atomic E-state index is 11.9. The van der Waals surface area contributed by atoms with E-state index in [4.69, 9.17) is 9.47 Å². The Morgan fingerprint density at radius 1 is 1.22 bits per heavy atom. The second kappa shape index (κ2) is 7.96. The summed E-state index contributed by atoms with van der Waals surface area (Å²) < 4.78 is 11.0. The van der Waals surface area contributed by atoms with E-state index in [0.717, 1.165) is 33.9 Å². The first kappa shape index (κ1) is 19.2. The van der Waals surface area contributed by atoms with Crippen LogP contribution in [-0.2, 0) is 11.3 Å². The molecule has 1 aromatic heterocycles. The molecule has 144 valence electrons. The maximum Gasteiger partial charge on any atom is 0.308 e. The minimum Gasteiger partial charge on any atom is -0.496 e. The van der Waals surface area contributed by atoms with Gasteiger partial charge in [0.1, 0.15) is 11.5 Å². The summed E-state index contributed by atoms with van der Waals surface area (Å²) in [6.07, 6.45) is 1.81. The van der Waals surface area contributed by atoms with E-state index in [1.54, 1.807) is 14.2 Å². The lowest BCUT2D eigenvalue weighted by Gasteiger charge is -2.19. The van der Waals surface area contributed by atoms with Crippen LogP contribution >= 0.6 is 0 Å². The Kier molecular flexibility index (Phi) is 5.65. The molecule has 1 fully saturated rings. The lowest BCUT2D eigenvalue weighted by atomic mass is 9.88. The molecule has 1 saturated heterocycles. The average molecular weight is 370 g/mol. The smallest absolute Gasteiger partial charge is 0.308 e. The van der Waals surface area contributed by atoms with Crippen molar-refractivity contribution in [2.45, 2.75) is 26.3 Å². The Morgan fingerprint density at radius 2 is 1.96 bits per heavy atom. The van der Waals surface area contributed by atoms with E-state index in [0.29, 0.717) is 19.6 Å². The van der Waals surface area contributed by atoms with Gasteiger partial charge in [-0.05, 0) is 25.5 Å². The molecule has 1 aromatic carbocycles. The first-order valence-corrected chi connectivity index (χ1v) is 9.03. The first-order chi connectivity index (χ1) is 13.0. The number of carbonyl (C=O) groups is 1. The largest absolute Gasteiger partial charge is 0.496 e. The van der Waals surface area contributed by atoms with Crippen LogP contribution in [0.4, 0.5) is 0 Å². The Hall–Kier alpha value is -2.60. The second-order valence-electron chi connectivity index (χ2n) is 7.03. The Labute approximate surface area is 159 Å². The van der Waals surface area contributed by atoms with Gasteiger partial charge in [0, 0.05) is 42.9 Å². The molecule has 27 heavy (non-hydrogen) atoms. The number of hydrogen-bond donors (Lipinski definition) is 1. The lowest BCUT2D eigenvalue weighted by Crippen LogP contribution is -2.24. The minimum absolute atomic E-state index is 0.119. The van der Waals surface area contributed by atoms with Crippen molar-refractivity contribution < 1.29 is 19.4 Å². The van der Waals surface area contributed by atoms with E-state index in [9.17, 15) is 9.90 Å². The highest BCUT2D eigenvalue weighted by Crippen LogP contribution is 2.38. The van der Waals surface area contributed by atoms with Gasteiger partial charge in [-0.15, -0.1) is 0 Å². The van der Waals surface area contributed by atoms with Gasteiger partial charge < -0.3 is 14.6 Å². The van der Waals surface area contributed by atoms with E-state index < -0.39 is 11.9 Å². The normalized spacial score (nSPS) is 19.9. The van der Waals surface area contributed by atoms with Crippen molar-refractivity contribution in [3.63, 3.8) is 0 Å². The van der Waals surface area contributed by atoms with Crippen LogP contribution in [0.15, 0.2) is 30.5 Å². The highest BCUT2D eigenvalue weighted by atomic mass is 16.5. The summed E-state index contributed by atoms with van der Waals surface area (Å²) >= 11 is 0. The summed E-state index contributed by atoms with van der Waals surface area (Å²) in [4.78, 5) is 18.6. The molecule has 0 saturated carbocycles. The summed E-state index contributed by atoms with van der Waals surface area (Å²) in [5, 5.41) is 9.76. The van der Waals surface area contributed by atoms with Gasteiger partial charge in [0.05, 0.1) is 25.8 Å². The number of carboxylic acids is 1. The van der Waals surface area contributed by atoms with Crippen LogP contribution in [0.3, 0.4) is 0 Å². The Bertz CT molecular complexity index is 837. The van der Waals surface area contributed by atoms with E-state index in [1.165, 1.54) is 0 Å². The lowest BCUT2D eigenvalue weighted by molar-refractivity contribution is -0.141. The number of pyridine rings is 1. The van der Waals surface area contributed by atoms with Gasteiger partial charge in [-0.25, -0.2) is 0 Å². The molecular formula is C21H26N2O4. The molecule has 0 unspecified atom stereocenters. The van der Waals surface area contributed by atoms with Crippen LogP contribution in [0.5, 0.6) is 11.5 Å². The SMILES string of the molecule is COc1ccccc1[C@H]1CN(Cc2ncc(C)c(OC)c2C)C[C@@H]1C(=O)O. The van der Waals surface area contributed by atoms with Crippen LogP contribution in [0.1, 0.15) is 28.3 Å². The van der Waals surface area contributed by atoms with Crippen LogP contribution in [0.25, 0.3) is 0 Å². The number of aryl methyl sites for hydroxylation is 1. The van der Waals surface area contributed by atoms with Crippen LogP contribution < -0.4 is 9.47 Å². The fourth-order valence-electron chi connectivity index (χ4n) is 3.99. The number of aromatic nitrogens is 1. The van der Waals surface area contributed by atoms with Gasteiger partial charge in [-0.3, -0.25) is 14.7 Å². The van der Waals surface area contributed by atoms with E-state index in [1.807, 2.05) is 44.3 Å². The molecule has 0 aliphatic carbocycles. The van der Waals surface area contributed by atoms with Gasteiger partial charge >= 0.3 is 5.97 Å². The number of benzene rings is 1. The molecular weight excluding hydrogens is 344 g/mol. The summed E-state index contributed by atoms with van der Waals surface area (Å²) in [7, 11) is 3.28. The van der Waals surface area contributed by atoms with Gasteiger partial charge in [0.2, 0.25) is 0 Å². The summed E-state index contributed by atoms with van der Waals surface area (Å²) in [6.45, 7) is 5.69. The first-order valence-electron chi connectivity index (χ1n) is 9.03. The number of rotatable bonds is 6. The molecule has 0 amide bonds. The predicted octanol–water partition coefficient (Wildman–Crippen LogP) is 3.02. The highest BCUT2D eigenvalue weighted by molar-refractivity contribution is 5.72. The standard InChI is InChI=1S/C21H26N2O4/c1-13-9-22-18(14(2)20(13)27-4)12-23-10-16(17(11-23)21(24)25)15-7-5-6-8-19(15)26-3/h5-9,16-17H,10-12H2,1-4H3,(H,24,25)/t16-,17+/m1/s1. The number of hydrogen-bond acceptors (Lipinski definition) is 5. The van der Waals surface area contributed by atoms with E-state index in [-0.39, 0.29) is 5.92 Å². The van der Waals surface area contributed by atoms with Gasteiger partial charge in [0.15, 0.2) is 0 Å². The molecule has 2 heterocycles. The van der Waals surface area contributed by atoms with Crippen LogP contribution in [0.2, 0.25) is 0 Å². The summed E-state index contributed by atoms with van der Waals surface area (Å²) in [6, 6.07) is 7.67. The average Bonchev–Trinajstić information content (AvgIpc) is 3.08. The zero-order valence-electron chi connectivity index (χ0n) is 16.2. The third kappa shape index (κ3) is 3.76. The zero-order chi connectivity index (χ0) is 19.6. The molecule has 1 aliphatic rings. The van der Waals surface area contributed by atoms with Crippen molar-refractivity contribution in [1.29, 1.82) is 0 Å². The third-order valence-corrected chi connectivity index (χ3v) is 5.37. The number of ether oxygens (including phenoxy) is 2. The number of methoxy groups -OCH3 is 2. The molecule has 1 N–H and O–H groups in total. The number of likely N-dealkylation sites (tertiary alicyclic amines) is 1. The van der Waals surface area contributed by atoms with Crippen LogP contribution in [0, 0.1) is 19.8 Å². The number of aliphatic carboxylic acids is 1. The quantitative estimate of drug-likeness (QED) is 0.843. The zero-order valence-corrected chi connectivity index (χ0v) is 16.2. The summed E-state index contributed by atoms with van der Waals surface area (Å²) in [5.74, 6) is 0.206. The second-order valence-corrected chi connectivity index (χ2v) is 7.03. The molecule has 1 aliphatic heterocycles. The van der Waals surface area contributed by atoms with Crippen molar-refractivity contribution in [1.82, 2.24) is 9.88 Å². The third-order valence-electron chi connectivity index (χ3n) is 5.37. The molecule has 6 heteroatoms. The van der Waals surface area contributed by atoms with E-state index >= 15 is 0 Å². The number of para-hydroxylation sites is 1. The predicted molar refractivity (Wildman–Crippen MR) is 102 cm³/mol.